The lowest BCUT2D eigenvalue weighted by Crippen LogP contribution is -2.27. The van der Waals surface area contributed by atoms with E-state index in [1.807, 2.05) is 0 Å². The molecule has 98 valence electrons. The van der Waals surface area contributed by atoms with Crippen LogP contribution in [0.2, 0.25) is 0 Å². The minimum Gasteiger partial charge on any atom is -0.380 e. The van der Waals surface area contributed by atoms with Gasteiger partial charge in [-0.25, -0.2) is 0 Å². The fourth-order valence-electron chi connectivity index (χ4n) is 1.98. The van der Waals surface area contributed by atoms with Gasteiger partial charge in [-0.1, -0.05) is 19.8 Å². The van der Waals surface area contributed by atoms with Gasteiger partial charge in [-0.05, 0) is 45.2 Å². The number of nitrogens with two attached hydrogens (primary N) is 1. The van der Waals surface area contributed by atoms with Gasteiger partial charge in [0, 0.05) is 13.7 Å². The number of ether oxygens (including phenoxy) is 1. The van der Waals surface area contributed by atoms with Crippen LogP contribution in [0.1, 0.15) is 46.0 Å². The van der Waals surface area contributed by atoms with Crippen molar-refractivity contribution in [3.8, 4) is 0 Å². The first-order valence-electron chi connectivity index (χ1n) is 6.68. The van der Waals surface area contributed by atoms with Gasteiger partial charge in [0.1, 0.15) is 0 Å². The van der Waals surface area contributed by atoms with Crippen molar-refractivity contribution < 1.29 is 4.74 Å². The minimum atomic E-state index is 0.315. The first-order chi connectivity index (χ1) is 7.74. The molecule has 0 aliphatic rings. The smallest absolute Gasteiger partial charge is 0.0667 e. The molecular weight excluding hydrogens is 200 g/mol. The highest BCUT2D eigenvalue weighted by Gasteiger charge is 2.06. The molecule has 0 heterocycles. The van der Waals surface area contributed by atoms with Crippen molar-refractivity contribution in [3.05, 3.63) is 0 Å². The van der Waals surface area contributed by atoms with Crippen LogP contribution in [0.5, 0.6) is 0 Å². The van der Waals surface area contributed by atoms with E-state index >= 15 is 0 Å². The predicted octanol–water partition coefficient (Wildman–Crippen LogP) is 2.16. The van der Waals surface area contributed by atoms with Gasteiger partial charge in [0.25, 0.3) is 0 Å². The highest BCUT2D eigenvalue weighted by atomic mass is 16.5. The van der Waals surface area contributed by atoms with Crippen molar-refractivity contribution >= 4 is 0 Å². The summed E-state index contributed by atoms with van der Waals surface area (Å²) in [7, 11) is 1.75. The summed E-state index contributed by atoms with van der Waals surface area (Å²) in [6, 6.07) is 0. The fraction of sp³-hybridized carbons (Fsp3) is 1.00. The van der Waals surface area contributed by atoms with E-state index < -0.39 is 0 Å². The first kappa shape index (κ1) is 15.9. The summed E-state index contributed by atoms with van der Waals surface area (Å²) < 4.78 is 5.18. The molecule has 0 saturated carbocycles. The Labute approximate surface area is 101 Å². The van der Waals surface area contributed by atoms with Crippen LogP contribution in [0.4, 0.5) is 0 Å². The lowest BCUT2D eigenvalue weighted by Gasteiger charge is -2.15. The van der Waals surface area contributed by atoms with Gasteiger partial charge in [-0.3, -0.25) is 0 Å². The molecule has 3 heteroatoms. The van der Waals surface area contributed by atoms with Gasteiger partial charge < -0.3 is 15.8 Å². The topological polar surface area (TPSA) is 47.3 Å². The van der Waals surface area contributed by atoms with Crippen molar-refractivity contribution in [1.82, 2.24) is 5.32 Å². The first-order valence-corrected chi connectivity index (χ1v) is 6.68. The van der Waals surface area contributed by atoms with E-state index in [9.17, 15) is 0 Å². The average Bonchev–Trinajstić information content (AvgIpc) is 2.28. The number of hydrogen-bond acceptors (Lipinski definition) is 3. The maximum atomic E-state index is 5.62. The van der Waals surface area contributed by atoms with Crippen LogP contribution in [-0.4, -0.2) is 32.8 Å². The number of hydrogen-bond donors (Lipinski definition) is 2. The molecule has 2 atom stereocenters. The quantitative estimate of drug-likeness (QED) is 0.535. The largest absolute Gasteiger partial charge is 0.380 e. The Hall–Kier alpha value is -0.120. The molecule has 16 heavy (non-hydrogen) atoms. The Morgan fingerprint density at radius 3 is 2.56 bits per heavy atom. The van der Waals surface area contributed by atoms with Crippen LogP contribution >= 0.6 is 0 Å². The van der Waals surface area contributed by atoms with E-state index in [1.165, 1.54) is 32.1 Å². The highest BCUT2D eigenvalue weighted by molar-refractivity contribution is 4.62. The molecule has 0 aromatic carbocycles. The Bertz CT molecular complexity index is 136. The molecule has 0 aliphatic heterocycles. The number of rotatable bonds is 11. The Balaban J connectivity index is 3.39. The van der Waals surface area contributed by atoms with Gasteiger partial charge in [0.2, 0.25) is 0 Å². The van der Waals surface area contributed by atoms with Gasteiger partial charge >= 0.3 is 0 Å². The molecule has 0 aliphatic carbocycles. The maximum absolute atomic E-state index is 5.62. The van der Waals surface area contributed by atoms with Crippen molar-refractivity contribution in [1.29, 1.82) is 0 Å². The van der Waals surface area contributed by atoms with Crippen LogP contribution in [0.3, 0.4) is 0 Å². The van der Waals surface area contributed by atoms with Gasteiger partial charge in [0.15, 0.2) is 0 Å². The Morgan fingerprint density at radius 2 is 2.00 bits per heavy atom. The molecule has 2 unspecified atom stereocenters. The van der Waals surface area contributed by atoms with E-state index in [4.69, 9.17) is 10.5 Å². The van der Waals surface area contributed by atoms with E-state index in [0.29, 0.717) is 6.10 Å². The van der Waals surface area contributed by atoms with Gasteiger partial charge in [0.05, 0.1) is 6.10 Å². The van der Waals surface area contributed by atoms with Crippen molar-refractivity contribution in [2.75, 3.05) is 26.7 Å². The van der Waals surface area contributed by atoms with Crippen molar-refractivity contribution in [2.24, 2.45) is 11.7 Å². The second-order valence-corrected chi connectivity index (χ2v) is 4.62. The fourth-order valence-corrected chi connectivity index (χ4v) is 1.98. The van der Waals surface area contributed by atoms with E-state index in [0.717, 1.165) is 25.6 Å². The summed E-state index contributed by atoms with van der Waals surface area (Å²) in [5.74, 6) is 0.830. The summed E-state index contributed by atoms with van der Waals surface area (Å²) in [5.41, 5.74) is 5.62. The summed E-state index contributed by atoms with van der Waals surface area (Å²) in [6.45, 7) is 7.21. The predicted molar refractivity (Wildman–Crippen MR) is 70.6 cm³/mol. The standard InChI is InChI=1S/C13H30N2O/c1-4-6-13(8-9-14)7-5-10-15-11-12(2)16-3/h12-13,15H,4-11,14H2,1-3H3. The summed E-state index contributed by atoms with van der Waals surface area (Å²) in [4.78, 5) is 0. The summed E-state index contributed by atoms with van der Waals surface area (Å²) >= 11 is 0. The zero-order valence-electron chi connectivity index (χ0n) is 11.3. The minimum absolute atomic E-state index is 0.315. The zero-order chi connectivity index (χ0) is 12.2. The van der Waals surface area contributed by atoms with E-state index in [-0.39, 0.29) is 0 Å². The third kappa shape index (κ3) is 9.13. The van der Waals surface area contributed by atoms with Crippen LogP contribution < -0.4 is 11.1 Å². The van der Waals surface area contributed by atoms with Crippen molar-refractivity contribution in [2.45, 2.75) is 52.1 Å². The molecule has 0 aromatic rings. The average molecular weight is 230 g/mol. The van der Waals surface area contributed by atoms with Gasteiger partial charge in [-0.2, -0.15) is 0 Å². The van der Waals surface area contributed by atoms with Crippen LogP contribution in [-0.2, 0) is 4.74 Å². The van der Waals surface area contributed by atoms with Crippen LogP contribution in [0.25, 0.3) is 0 Å². The van der Waals surface area contributed by atoms with Gasteiger partial charge in [-0.15, -0.1) is 0 Å². The molecule has 0 amide bonds. The monoisotopic (exact) mass is 230 g/mol. The second-order valence-electron chi connectivity index (χ2n) is 4.62. The molecule has 3 nitrogen and oxygen atoms in total. The third-order valence-corrected chi connectivity index (χ3v) is 3.07. The van der Waals surface area contributed by atoms with E-state index in [2.05, 4.69) is 19.2 Å². The Morgan fingerprint density at radius 1 is 1.25 bits per heavy atom. The maximum Gasteiger partial charge on any atom is 0.0667 e. The number of nitrogens with one attached hydrogen (secondary N) is 1. The molecule has 0 bridgehead atoms. The SMILES string of the molecule is CCCC(CCN)CCCNCC(C)OC. The Kier molecular flexibility index (Phi) is 11.3. The third-order valence-electron chi connectivity index (χ3n) is 3.07. The molecule has 3 N–H and O–H groups in total. The summed E-state index contributed by atoms with van der Waals surface area (Å²) in [6.07, 6.45) is 6.66. The van der Waals surface area contributed by atoms with Crippen LogP contribution in [0, 0.1) is 5.92 Å². The zero-order valence-corrected chi connectivity index (χ0v) is 11.3. The molecule has 0 fully saturated rings. The molecule has 0 saturated heterocycles. The second kappa shape index (κ2) is 11.4. The molecular formula is C13H30N2O. The lowest BCUT2D eigenvalue weighted by atomic mass is 9.94. The molecule has 0 radical (unpaired) electrons. The summed E-state index contributed by atoms with van der Waals surface area (Å²) in [5, 5.41) is 3.42. The van der Waals surface area contributed by atoms with E-state index in [1.54, 1.807) is 7.11 Å². The van der Waals surface area contributed by atoms with Crippen LogP contribution in [0.15, 0.2) is 0 Å². The number of methoxy groups -OCH3 is 1. The molecule has 0 spiro atoms. The molecule has 0 aromatic heterocycles. The molecule has 0 rings (SSSR count). The highest BCUT2D eigenvalue weighted by Crippen LogP contribution is 2.16. The van der Waals surface area contributed by atoms with Crippen molar-refractivity contribution in [3.63, 3.8) is 0 Å². The lowest BCUT2D eigenvalue weighted by molar-refractivity contribution is 0.117. The normalized spacial score (nSPS) is 15.0.